The lowest BCUT2D eigenvalue weighted by Gasteiger charge is -2.35. The third kappa shape index (κ3) is 3.58. The molecule has 0 spiro atoms. The van der Waals surface area contributed by atoms with Gasteiger partial charge in [0, 0.05) is 42.3 Å². The molecular formula is C13H17Cl2FN2. The molecule has 1 saturated heterocycles. The molecule has 100 valence electrons. The maximum absolute atomic E-state index is 12.8. The number of piperazine rings is 1. The van der Waals surface area contributed by atoms with E-state index in [2.05, 4.69) is 10.2 Å². The molecule has 0 unspecified atom stereocenters. The molecular weight excluding hydrogens is 274 g/mol. The lowest BCUT2D eigenvalue weighted by Crippen LogP contribution is -2.45. The second-order valence-electron chi connectivity index (χ2n) is 4.48. The van der Waals surface area contributed by atoms with Crippen molar-refractivity contribution < 1.29 is 4.39 Å². The van der Waals surface area contributed by atoms with Gasteiger partial charge in [0.05, 0.1) is 6.67 Å². The van der Waals surface area contributed by atoms with Crippen molar-refractivity contribution in [2.75, 3.05) is 32.9 Å². The molecule has 1 aromatic rings. The molecule has 1 aliphatic rings. The lowest BCUT2D eigenvalue weighted by atomic mass is 10.0. The Bertz CT molecular complexity index is 374. The fourth-order valence-electron chi connectivity index (χ4n) is 2.42. The Morgan fingerprint density at radius 1 is 1.17 bits per heavy atom. The first-order chi connectivity index (χ1) is 8.70. The highest BCUT2D eigenvalue weighted by molar-refractivity contribution is 6.34. The summed E-state index contributed by atoms with van der Waals surface area (Å²) < 4.78 is 12.8. The van der Waals surface area contributed by atoms with Crippen LogP contribution in [0.5, 0.6) is 0 Å². The number of benzene rings is 1. The van der Waals surface area contributed by atoms with Gasteiger partial charge in [-0.3, -0.25) is 9.29 Å². The second kappa shape index (κ2) is 6.71. The molecule has 1 heterocycles. The average molecular weight is 291 g/mol. The van der Waals surface area contributed by atoms with Gasteiger partial charge in [-0.1, -0.05) is 23.2 Å². The van der Waals surface area contributed by atoms with Crippen molar-refractivity contribution in [1.82, 2.24) is 10.2 Å². The van der Waals surface area contributed by atoms with Crippen molar-refractivity contribution in [3.63, 3.8) is 0 Å². The van der Waals surface area contributed by atoms with Crippen LogP contribution in [0.2, 0.25) is 10.0 Å². The molecule has 1 aromatic carbocycles. The van der Waals surface area contributed by atoms with Gasteiger partial charge in [0.25, 0.3) is 0 Å². The summed E-state index contributed by atoms with van der Waals surface area (Å²) in [5.74, 6) is 0. The van der Waals surface area contributed by atoms with Crippen molar-refractivity contribution >= 4 is 23.2 Å². The Kier molecular flexibility index (Phi) is 5.25. The lowest BCUT2D eigenvalue weighted by molar-refractivity contribution is 0.157. The Morgan fingerprint density at radius 3 is 2.33 bits per heavy atom. The van der Waals surface area contributed by atoms with Crippen LogP contribution >= 0.6 is 23.2 Å². The van der Waals surface area contributed by atoms with Crippen LogP contribution in [-0.4, -0.2) is 37.8 Å². The molecule has 5 heteroatoms. The van der Waals surface area contributed by atoms with Crippen LogP contribution < -0.4 is 5.32 Å². The molecule has 18 heavy (non-hydrogen) atoms. The zero-order valence-corrected chi connectivity index (χ0v) is 11.6. The minimum atomic E-state index is -0.335. The minimum Gasteiger partial charge on any atom is -0.314 e. The van der Waals surface area contributed by atoms with E-state index in [9.17, 15) is 4.39 Å². The van der Waals surface area contributed by atoms with Crippen molar-refractivity contribution in [3.8, 4) is 0 Å². The third-order valence-corrected chi connectivity index (χ3v) is 3.68. The topological polar surface area (TPSA) is 15.3 Å². The summed E-state index contributed by atoms with van der Waals surface area (Å²) in [4.78, 5) is 2.29. The maximum atomic E-state index is 12.8. The van der Waals surface area contributed by atoms with E-state index < -0.39 is 0 Å². The highest BCUT2D eigenvalue weighted by Crippen LogP contribution is 2.29. The van der Waals surface area contributed by atoms with E-state index in [4.69, 9.17) is 23.2 Å². The number of hydrogen-bond acceptors (Lipinski definition) is 2. The smallest absolute Gasteiger partial charge is 0.0912 e. The second-order valence-corrected chi connectivity index (χ2v) is 5.36. The van der Waals surface area contributed by atoms with Gasteiger partial charge in [-0.25, -0.2) is 0 Å². The number of nitrogens with zero attached hydrogens (tertiary/aromatic N) is 1. The molecule has 1 N–H and O–H groups in total. The van der Waals surface area contributed by atoms with Gasteiger partial charge in [-0.2, -0.15) is 0 Å². The largest absolute Gasteiger partial charge is 0.314 e. The summed E-state index contributed by atoms with van der Waals surface area (Å²) in [5, 5.41) is 4.51. The zero-order chi connectivity index (χ0) is 13.0. The summed E-state index contributed by atoms with van der Waals surface area (Å²) in [6, 6.07) is 5.54. The Morgan fingerprint density at radius 2 is 1.78 bits per heavy atom. The van der Waals surface area contributed by atoms with Gasteiger partial charge in [-0.15, -0.1) is 0 Å². The van der Waals surface area contributed by atoms with Gasteiger partial charge in [-0.05, 0) is 30.2 Å². The third-order valence-electron chi connectivity index (χ3n) is 3.24. The molecule has 0 saturated carbocycles. The summed E-state index contributed by atoms with van der Waals surface area (Å²) in [7, 11) is 0. The zero-order valence-electron chi connectivity index (χ0n) is 10.1. The number of nitrogens with one attached hydrogen (secondary N) is 1. The molecule has 1 atom stereocenters. The fraction of sp³-hybridized carbons (Fsp3) is 0.538. The van der Waals surface area contributed by atoms with Crippen LogP contribution in [0.3, 0.4) is 0 Å². The summed E-state index contributed by atoms with van der Waals surface area (Å²) in [5.41, 5.74) is 1.01. The van der Waals surface area contributed by atoms with Crippen molar-refractivity contribution in [2.45, 2.75) is 12.5 Å². The Balaban J connectivity index is 2.22. The molecule has 1 fully saturated rings. The number of rotatable bonds is 4. The normalized spacial score (nSPS) is 18.8. The fourth-order valence-corrected chi connectivity index (χ4v) is 2.97. The monoisotopic (exact) mass is 290 g/mol. The van der Waals surface area contributed by atoms with Gasteiger partial charge >= 0.3 is 0 Å². The number of hydrogen-bond donors (Lipinski definition) is 1. The van der Waals surface area contributed by atoms with E-state index in [1.54, 1.807) is 6.07 Å². The predicted octanol–water partition coefficient (Wildman–Crippen LogP) is 3.30. The Hall–Kier alpha value is -0.350. The van der Waals surface area contributed by atoms with Gasteiger partial charge in [0.2, 0.25) is 0 Å². The summed E-state index contributed by atoms with van der Waals surface area (Å²) in [6.07, 6.45) is 0.483. The highest BCUT2D eigenvalue weighted by atomic mass is 35.5. The van der Waals surface area contributed by atoms with Crippen LogP contribution in [0.25, 0.3) is 0 Å². The molecule has 0 bridgehead atoms. The molecule has 2 rings (SSSR count). The average Bonchev–Trinajstić information content (AvgIpc) is 2.36. The van der Waals surface area contributed by atoms with E-state index in [0.29, 0.717) is 16.5 Å². The SMILES string of the molecule is FCC[C@@H](c1cc(Cl)cc(Cl)c1)N1CCNCC1. The maximum Gasteiger partial charge on any atom is 0.0912 e. The van der Waals surface area contributed by atoms with E-state index in [1.807, 2.05) is 12.1 Å². The van der Waals surface area contributed by atoms with E-state index >= 15 is 0 Å². The molecule has 2 nitrogen and oxygen atoms in total. The van der Waals surface area contributed by atoms with Crippen LogP contribution in [0.4, 0.5) is 4.39 Å². The summed E-state index contributed by atoms with van der Waals surface area (Å²) >= 11 is 12.0. The molecule has 0 aromatic heterocycles. The van der Waals surface area contributed by atoms with Gasteiger partial charge in [0.15, 0.2) is 0 Å². The van der Waals surface area contributed by atoms with E-state index in [1.165, 1.54) is 0 Å². The predicted molar refractivity (Wildman–Crippen MR) is 74.2 cm³/mol. The first-order valence-corrected chi connectivity index (χ1v) is 6.93. The molecule has 0 amide bonds. The molecule has 0 radical (unpaired) electrons. The first-order valence-electron chi connectivity index (χ1n) is 6.17. The highest BCUT2D eigenvalue weighted by Gasteiger charge is 2.22. The minimum absolute atomic E-state index is 0.0632. The van der Waals surface area contributed by atoms with E-state index in [-0.39, 0.29) is 12.7 Å². The molecule has 0 aliphatic carbocycles. The molecule has 1 aliphatic heterocycles. The van der Waals surface area contributed by atoms with Crippen molar-refractivity contribution in [3.05, 3.63) is 33.8 Å². The quantitative estimate of drug-likeness (QED) is 0.915. The van der Waals surface area contributed by atoms with Crippen LogP contribution in [0.1, 0.15) is 18.0 Å². The number of alkyl halides is 1. The van der Waals surface area contributed by atoms with Crippen molar-refractivity contribution in [2.24, 2.45) is 0 Å². The van der Waals surface area contributed by atoms with Gasteiger partial charge in [0.1, 0.15) is 0 Å². The number of halogens is 3. The van der Waals surface area contributed by atoms with Crippen LogP contribution in [0, 0.1) is 0 Å². The summed E-state index contributed by atoms with van der Waals surface area (Å²) in [6.45, 7) is 3.40. The first kappa shape index (κ1) is 14.1. The van der Waals surface area contributed by atoms with Crippen LogP contribution in [0.15, 0.2) is 18.2 Å². The Labute approximate surface area is 117 Å². The van der Waals surface area contributed by atoms with E-state index in [0.717, 1.165) is 31.7 Å². The van der Waals surface area contributed by atoms with Crippen molar-refractivity contribution in [1.29, 1.82) is 0 Å². The van der Waals surface area contributed by atoms with Crippen LogP contribution in [-0.2, 0) is 0 Å². The van der Waals surface area contributed by atoms with Gasteiger partial charge < -0.3 is 5.32 Å². The standard InChI is InChI=1S/C13H17Cl2FN2/c14-11-7-10(8-12(15)9-11)13(1-2-16)18-5-3-17-4-6-18/h7-9,13,17H,1-6H2/t13-/m0/s1.